The highest BCUT2D eigenvalue weighted by molar-refractivity contribution is 6.04. The number of benzene rings is 1. The van der Waals surface area contributed by atoms with Crippen LogP contribution in [0.25, 0.3) is 0 Å². The lowest BCUT2D eigenvalue weighted by Crippen LogP contribution is -2.28. The van der Waals surface area contributed by atoms with Gasteiger partial charge in [0.1, 0.15) is 12.0 Å². The van der Waals surface area contributed by atoms with Crippen molar-refractivity contribution in [2.75, 3.05) is 10.6 Å². The maximum Gasteiger partial charge on any atom is 0.258 e. The Morgan fingerprint density at radius 1 is 1.16 bits per heavy atom. The molecule has 0 unspecified atom stereocenters. The molecule has 0 atom stereocenters. The minimum atomic E-state index is -0.499. The maximum atomic E-state index is 12.2. The van der Waals surface area contributed by atoms with Gasteiger partial charge < -0.3 is 20.8 Å². The Kier molecular flexibility index (Phi) is 6.78. The highest BCUT2D eigenvalue weighted by atomic mass is 35.5. The molecule has 0 saturated carbocycles. The Balaban J connectivity index is 0.00000312. The van der Waals surface area contributed by atoms with Gasteiger partial charge in [-0.25, -0.2) is 0 Å². The summed E-state index contributed by atoms with van der Waals surface area (Å²) in [5, 5.41) is 5.68. The van der Waals surface area contributed by atoms with Gasteiger partial charge in [0.2, 0.25) is 5.91 Å². The Morgan fingerprint density at radius 3 is 2.40 bits per heavy atom. The molecule has 0 aliphatic heterocycles. The second-order valence-corrected chi connectivity index (χ2v) is 6.69. The number of carbonyl (C=O) groups excluding carboxylic acids is 2. The molecular weight excluding hydrogens is 342 g/mol. The molecule has 1 aromatic heterocycles. The zero-order valence-corrected chi connectivity index (χ0v) is 15.6. The Labute approximate surface area is 153 Å². The molecule has 6 nitrogen and oxygen atoms in total. The van der Waals surface area contributed by atoms with Crippen LogP contribution in [0.3, 0.4) is 0 Å². The van der Waals surface area contributed by atoms with Gasteiger partial charge in [-0.15, -0.1) is 12.4 Å². The van der Waals surface area contributed by atoms with Crippen LogP contribution in [0.5, 0.6) is 0 Å². The summed E-state index contributed by atoms with van der Waals surface area (Å²) in [6.45, 7) is 7.67. The lowest BCUT2D eigenvalue weighted by atomic mass is 9.95. The molecular formula is C18H24ClN3O3. The molecule has 136 valence electrons. The van der Waals surface area contributed by atoms with Crippen LogP contribution >= 0.6 is 12.4 Å². The summed E-state index contributed by atoms with van der Waals surface area (Å²) in [6, 6.07) is 6.96. The summed E-state index contributed by atoms with van der Waals surface area (Å²) in [4.78, 5) is 24.4. The van der Waals surface area contributed by atoms with Crippen LogP contribution in [0.4, 0.5) is 11.4 Å². The zero-order valence-electron chi connectivity index (χ0n) is 14.8. The largest absolute Gasteiger partial charge is 0.467 e. The summed E-state index contributed by atoms with van der Waals surface area (Å²) in [7, 11) is 0. The van der Waals surface area contributed by atoms with Crippen LogP contribution in [-0.4, -0.2) is 11.8 Å². The van der Waals surface area contributed by atoms with Crippen molar-refractivity contribution in [3.05, 3.63) is 47.4 Å². The summed E-state index contributed by atoms with van der Waals surface area (Å²) in [5.41, 5.74) is 7.54. The standard InChI is InChI=1S/C18H23N3O3.ClH/c1-11-5-6-13(8-15(11)21-17(23)18(2,3)4)20-16(22)12-7-14(9-19)24-10-12;/h5-8,10H,9,19H2,1-4H3,(H,20,22)(H,21,23);1H. The van der Waals surface area contributed by atoms with Crippen molar-refractivity contribution in [2.24, 2.45) is 11.1 Å². The number of nitrogens with one attached hydrogen (secondary N) is 2. The van der Waals surface area contributed by atoms with E-state index in [0.29, 0.717) is 22.7 Å². The normalized spacial score (nSPS) is 10.8. The summed E-state index contributed by atoms with van der Waals surface area (Å²) in [5.74, 6) is 0.161. The second-order valence-electron chi connectivity index (χ2n) is 6.69. The van der Waals surface area contributed by atoms with Crippen molar-refractivity contribution in [1.82, 2.24) is 0 Å². The van der Waals surface area contributed by atoms with Gasteiger partial charge in [0, 0.05) is 16.8 Å². The van der Waals surface area contributed by atoms with E-state index in [1.165, 1.54) is 6.26 Å². The van der Waals surface area contributed by atoms with E-state index in [0.717, 1.165) is 5.56 Å². The minimum absolute atomic E-state index is 0. The van der Waals surface area contributed by atoms with Crippen molar-refractivity contribution >= 4 is 35.6 Å². The first-order valence-electron chi connectivity index (χ1n) is 7.71. The van der Waals surface area contributed by atoms with Crippen molar-refractivity contribution in [1.29, 1.82) is 0 Å². The second kappa shape index (κ2) is 8.18. The molecule has 0 bridgehead atoms. The average molecular weight is 366 g/mol. The number of amides is 2. The molecule has 0 aliphatic carbocycles. The first-order valence-corrected chi connectivity index (χ1v) is 7.71. The van der Waals surface area contributed by atoms with Crippen LogP contribution in [-0.2, 0) is 11.3 Å². The van der Waals surface area contributed by atoms with Gasteiger partial charge in [-0.2, -0.15) is 0 Å². The topological polar surface area (TPSA) is 97.4 Å². The number of anilines is 2. The Morgan fingerprint density at radius 2 is 1.84 bits per heavy atom. The van der Waals surface area contributed by atoms with Gasteiger partial charge in [-0.05, 0) is 30.7 Å². The van der Waals surface area contributed by atoms with Crippen molar-refractivity contribution in [2.45, 2.75) is 34.2 Å². The number of hydrogen-bond acceptors (Lipinski definition) is 4. The van der Waals surface area contributed by atoms with Crippen LogP contribution in [0, 0.1) is 12.3 Å². The number of halogens is 1. The molecule has 2 aromatic rings. The van der Waals surface area contributed by atoms with E-state index >= 15 is 0 Å². The first kappa shape index (κ1) is 20.7. The molecule has 0 aliphatic rings. The fourth-order valence-corrected chi connectivity index (χ4v) is 1.95. The average Bonchev–Trinajstić information content (AvgIpc) is 2.98. The van der Waals surface area contributed by atoms with Crippen molar-refractivity contribution in [3.63, 3.8) is 0 Å². The fourth-order valence-electron chi connectivity index (χ4n) is 1.95. The number of aryl methyl sites for hydroxylation is 1. The lowest BCUT2D eigenvalue weighted by molar-refractivity contribution is -0.123. The third-order valence-corrected chi connectivity index (χ3v) is 3.54. The van der Waals surface area contributed by atoms with E-state index < -0.39 is 5.41 Å². The Bertz CT molecular complexity index is 763. The van der Waals surface area contributed by atoms with E-state index in [1.807, 2.05) is 33.8 Å². The highest BCUT2D eigenvalue weighted by Crippen LogP contribution is 2.24. The number of hydrogen-bond donors (Lipinski definition) is 3. The SMILES string of the molecule is Cc1ccc(NC(=O)c2coc(CN)c2)cc1NC(=O)C(C)(C)C.Cl. The molecule has 0 fully saturated rings. The molecule has 0 spiro atoms. The molecule has 1 aromatic carbocycles. The number of furan rings is 1. The summed E-state index contributed by atoms with van der Waals surface area (Å²) >= 11 is 0. The van der Waals surface area contributed by atoms with E-state index in [4.69, 9.17) is 10.2 Å². The third kappa shape index (κ3) is 5.34. The first-order chi connectivity index (χ1) is 11.2. The van der Waals surface area contributed by atoms with Crippen LogP contribution in [0.1, 0.15) is 42.5 Å². The van der Waals surface area contributed by atoms with Gasteiger partial charge in [0.25, 0.3) is 5.91 Å². The number of nitrogens with two attached hydrogens (primary N) is 1. The summed E-state index contributed by atoms with van der Waals surface area (Å²) < 4.78 is 5.16. The van der Waals surface area contributed by atoms with Gasteiger partial charge in [-0.1, -0.05) is 26.8 Å². The number of carbonyl (C=O) groups is 2. The molecule has 7 heteroatoms. The quantitative estimate of drug-likeness (QED) is 0.769. The molecule has 25 heavy (non-hydrogen) atoms. The van der Waals surface area contributed by atoms with Crippen LogP contribution < -0.4 is 16.4 Å². The molecule has 0 radical (unpaired) electrons. The summed E-state index contributed by atoms with van der Waals surface area (Å²) in [6.07, 6.45) is 1.37. The van der Waals surface area contributed by atoms with E-state index in [1.54, 1.807) is 18.2 Å². The van der Waals surface area contributed by atoms with Gasteiger partial charge in [0.05, 0.1) is 12.1 Å². The molecule has 2 rings (SSSR count). The lowest BCUT2D eigenvalue weighted by Gasteiger charge is -2.19. The number of rotatable bonds is 4. The zero-order chi connectivity index (χ0) is 17.9. The van der Waals surface area contributed by atoms with Gasteiger partial charge >= 0.3 is 0 Å². The smallest absolute Gasteiger partial charge is 0.258 e. The van der Waals surface area contributed by atoms with Crippen molar-refractivity contribution < 1.29 is 14.0 Å². The highest BCUT2D eigenvalue weighted by Gasteiger charge is 2.22. The monoisotopic (exact) mass is 365 g/mol. The van der Waals surface area contributed by atoms with Crippen LogP contribution in [0.2, 0.25) is 0 Å². The van der Waals surface area contributed by atoms with Gasteiger partial charge in [-0.3, -0.25) is 9.59 Å². The maximum absolute atomic E-state index is 12.2. The van der Waals surface area contributed by atoms with E-state index in [2.05, 4.69) is 10.6 Å². The predicted molar refractivity (Wildman–Crippen MR) is 101 cm³/mol. The minimum Gasteiger partial charge on any atom is -0.467 e. The predicted octanol–water partition coefficient (Wildman–Crippen LogP) is 3.71. The van der Waals surface area contributed by atoms with Crippen LogP contribution in [0.15, 0.2) is 34.9 Å². The molecule has 4 N–H and O–H groups in total. The third-order valence-electron chi connectivity index (χ3n) is 3.54. The van der Waals surface area contributed by atoms with E-state index in [9.17, 15) is 9.59 Å². The van der Waals surface area contributed by atoms with Crippen molar-refractivity contribution in [3.8, 4) is 0 Å². The Hall–Kier alpha value is -2.31. The van der Waals surface area contributed by atoms with E-state index in [-0.39, 0.29) is 30.8 Å². The van der Waals surface area contributed by atoms with Gasteiger partial charge in [0.15, 0.2) is 0 Å². The molecule has 1 heterocycles. The molecule has 0 saturated heterocycles. The molecule has 2 amide bonds. The fraction of sp³-hybridized carbons (Fsp3) is 0.333.